The molecule has 0 saturated carbocycles. The average Bonchev–Trinajstić information content (AvgIpc) is 3.05. The number of amides is 1. The van der Waals surface area contributed by atoms with Crippen molar-refractivity contribution in [2.45, 2.75) is 0 Å². The van der Waals surface area contributed by atoms with Crippen LogP contribution in [0.1, 0.15) is 5.76 Å². The standard InChI is InChI=1S/C18H20FN3O2/c1-21-10-12-22(13-11-21)20-18(23)9-7-16-6-8-17(24-16)14-2-4-15(19)5-3-14/h2-9H,10-13H2,1H3,(H,20,23). The van der Waals surface area contributed by atoms with Gasteiger partial charge in [0.25, 0.3) is 5.91 Å². The summed E-state index contributed by atoms with van der Waals surface area (Å²) < 4.78 is 18.6. The molecule has 1 fully saturated rings. The van der Waals surface area contributed by atoms with E-state index >= 15 is 0 Å². The van der Waals surface area contributed by atoms with Crippen molar-refractivity contribution < 1.29 is 13.6 Å². The Morgan fingerprint density at radius 2 is 1.83 bits per heavy atom. The normalized spacial score (nSPS) is 16.6. The van der Waals surface area contributed by atoms with E-state index in [1.165, 1.54) is 18.2 Å². The van der Waals surface area contributed by atoms with Crippen molar-refractivity contribution in [1.82, 2.24) is 15.3 Å². The molecule has 5 nitrogen and oxygen atoms in total. The number of likely N-dealkylation sites (N-methyl/N-ethyl adjacent to an activating group) is 1. The number of hydrogen-bond acceptors (Lipinski definition) is 4. The van der Waals surface area contributed by atoms with Crippen LogP contribution in [0.15, 0.2) is 46.9 Å². The summed E-state index contributed by atoms with van der Waals surface area (Å²) in [5.41, 5.74) is 3.64. The summed E-state index contributed by atoms with van der Waals surface area (Å²) >= 11 is 0. The second kappa shape index (κ2) is 7.42. The number of nitrogens with one attached hydrogen (secondary N) is 1. The van der Waals surface area contributed by atoms with Gasteiger partial charge in [0.15, 0.2) is 0 Å². The molecule has 0 aliphatic carbocycles. The van der Waals surface area contributed by atoms with Crippen molar-refractivity contribution in [2.24, 2.45) is 0 Å². The quantitative estimate of drug-likeness (QED) is 0.875. The van der Waals surface area contributed by atoms with Crippen LogP contribution in [0.3, 0.4) is 0 Å². The Hall–Kier alpha value is -2.44. The second-order valence-electron chi connectivity index (χ2n) is 5.81. The maximum atomic E-state index is 12.9. The highest BCUT2D eigenvalue weighted by molar-refractivity contribution is 5.91. The molecule has 0 spiro atoms. The minimum absolute atomic E-state index is 0.181. The summed E-state index contributed by atoms with van der Waals surface area (Å²) in [6.45, 7) is 3.49. The van der Waals surface area contributed by atoms with E-state index in [1.54, 1.807) is 30.3 Å². The van der Waals surface area contributed by atoms with Crippen LogP contribution in [0.25, 0.3) is 17.4 Å². The summed E-state index contributed by atoms with van der Waals surface area (Å²) in [6, 6.07) is 9.65. The first-order valence-electron chi connectivity index (χ1n) is 7.88. The minimum Gasteiger partial charge on any atom is -0.457 e. The number of hydrazine groups is 1. The molecule has 1 N–H and O–H groups in total. The number of carbonyl (C=O) groups excluding carboxylic acids is 1. The molecule has 126 valence electrons. The Morgan fingerprint density at radius 3 is 2.54 bits per heavy atom. The van der Waals surface area contributed by atoms with E-state index in [0.29, 0.717) is 11.5 Å². The number of halogens is 1. The molecule has 1 saturated heterocycles. The zero-order chi connectivity index (χ0) is 16.9. The van der Waals surface area contributed by atoms with E-state index in [1.807, 2.05) is 5.01 Å². The van der Waals surface area contributed by atoms with Gasteiger partial charge >= 0.3 is 0 Å². The van der Waals surface area contributed by atoms with Gasteiger partial charge in [-0.15, -0.1) is 0 Å². The number of carbonyl (C=O) groups is 1. The Kier molecular flexibility index (Phi) is 5.08. The van der Waals surface area contributed by atoms with Gasteiger partial charge in [-0.1, -0.05) is 0 Å². The summed E-state index contributed by atoms with van der Waals surface area (Å²) in [6.07, 6.45) is 3.07. The summed E-state index contributed by atoms with van der Waals surface area (Å²) in [7, 11) is 2.06. The summed E-state index contributed by atoms with van der Waals surface area (Å²) in [5.74, 6) is 0.738. The number of rotatable bonds is 4. The fraction of sp³-hybridized carbons (Fsp3) is 0.278. The molecule has 0 radical (unpaired) electrons. The van der Waals surface area contributed by atoms with E-state index < -0.39 is 0 Å². The average molecular weight is 329 g/mol. The van der Waals surface area contributed by atoms with Crippen LogP contribution in [0.4, 0.5) is 4.39 Å². The SMILES string of the molecule is CN1CCN(NC(=O)C=Cc2ccc(-c3ccc(F)cc3)o2)CC1. The molecule has 2 aromatic rings. The molecule has 0 unspecified atom stereocenters. The lowest BCUT2D eigenvalue weighted by Gasteiger charge is -2.31. The van der Waals surface area contributed by atoms with Gasteiger partial charge in [0.2, 0.25) is 0 Å². The van der Waals surface area contributed by atoms with Crippen LogP contribution in [0.2, 0.25) is 0 Å². The van der Waals surface area contributed by atoms with Crippen molar-refractivity contribution in [3.63, 3.8) is 0 Å². The maximum absolute atomic E-state index is 12.9. The molecule has 1 aliphatic rings. The predicted molar refractivity (Wildman–Crippen MR) is 90.3 cm³/mol. The third kappa shape index (κ3) is 4.31. The lowest BCUT2D eigenvalue weighted by atomic mass is 10.2. The number of hydrogen-bond donors (Lipinski definition) is 1. The lowest BCUT2D eigenvalue weighted by molar-refractivity contribution is -0.121. The van der Waals surface area contributed by atoms with Gasteiger partial charge in [0.05, 0.1) is 0 Å². The Balaban J connectivity index is 1.56. The van der Waals surface area contributed by atoms with Gasteiger partial charge in [0.1, 0.15) is 17.3 Å². The molecule has 0 bridgehead atoms. The first kappa shape index (κ1) is 16.4. The highest BCUT2D eigenvalue weighted by Gasteiger charge is 2.14. The molecule has 1 amide bonds. The van der Waals surface area contributed by atoms with Gasteiger partial charge < -0.3 is 9.32 Å². The first-order valence-corrected chi connectivity index (χ1v) is 7.88. The van der Waals surface area contributed by atoms with Crippen LogP contribution in [0.5, 0.6) is 0 Å². The monoisotopic (exact) mass is 329 g/mol. The zero-order valence-corrected chi connectivity index (χ0v) is 13.5. The molecule has 1 aliphatic heterocycles. The van der Waals surface area contributed by atoms with Crippen LogP contribution in [-0.4, -0.2) is 49.0 Å². The van der Waals surface area contributed by atoms with Gasteiger partial charge in [-0.2, -0.15) is 0 Å². The predicted octanol–water partition coefficient (Wildman–Crippen LogP) is 2.38. The fourth-order valence-electron chi connectivity index (χ4n) is 2.48. The number of benzene rings is 1. The van der Waals surface area contributed by atoms with Gasteiger partial charge in [-0.3, -0.25) is 10.2 Å². The first-order chi connectivity index (χ1) is 11.6. The van der Waals surface area contributed by atoms with Crippen LogP contribution >= 0.6 is 0 Å². The van der Waals surface area contributed by atoms with Crippen molar-refractivity contribution in [1.29, 1.82) is 0 Å². The van der Waals surface area contributed by atoms with E-state index in [-0.39, 0.29) is 11.7 Å². The highest BCUT2D eigenvalue weighted by atomic mass is 19.1. The fourth-order valence-corrected chi connectivity index (χ4v) is 2.48. The number of nitrogens with zero attached hydrogens (tertiary/aromatic N) is 2. The Morgan fingerprint density at radius 1 is 1.12 bits per heavy atom. The van der Waals surface area contributed by atoms with E-state index in [9.17, 15) is 9.18 Å². The molecule has 1 aromatic heterocycles. The number of furan rings is 1. The van der Waals surface area contributed by atoms with Crippen molar-refractivity contribution in [2.75, 3.05) is 33.2 Å². The zero-order valence-electron chi connectivity index (χ0n) is 13.5. The molecular formula is C18H20FN3O2. The smallest absolute Gasteiger partial charge is 0.258 e. The van der Waals surface area contributed by atoms with Crippen molar-refractivity contribution in [3.8, 4) is 11.3 Å². The Labute approximate surface area is 140 Å². The third-order valence-electron chi connectivity index (χ3n) is 3.93. The molecule has 0 atom stereocenters. The molecule has 1 aromatic carbocycles. The molecule has 2 heterocycles. The minimum atomic E-state index is -0.286. The third-order valence-corrected chi connectivity index (χ3v) is 3.93. The van der Waals surface area contributed by atoms with E-state index in [2.05, 4.69) is 17.4 Å². The van der Waals surface area contributed by atoms with Gasteiger partial charge in [-0.25, -0.2) is 9.40 Å². The van der Waals surface area contributed by atoms with Gasteiger partial charge in [0, 0.05) is 37.8 Å². The number of piperazine rings is 1. The molecule has 3 rings (SSSR count). The maximum Gasteiger partial charge on any atom is 0.258 e. The van der Waals surface area contributed by atoms with Gasteiger partial charge in [-0.05, 0) is 49.5 Å². The van der Waals surface area contributed by atoms with Crippen molar-refractivity contribution in [3.05, 3.63) is 54.1 Å². The largest absolute Gasteiger partial charge is 0.457 e. The Bertz CT molecular complexity index is 716. The topological polar surface area (TPSA) is 48.7 Å². The molecular weight excluding hydrogens is 309 g/mol. The molecule has 24 heavy (non-hydrogen) atoms. The molecule has 6 heteroatoms. The lowest BCUT2D eigenvalue weighted by Crippen LogP contribution is -2.52. The highest BCUT2D eigenvalue weighted by Crippen LogP contribution is 2.22. The summed E-state index contributed by atoms with van der Waals surface area (Å²) in [4.78, 5) is 14.2. The van der Waals surface area contributed by atoms with Crippen LogP contribution in [-0.2, 0) is 4.79 Å². The van der Waals surface area contributed by atoms with E-state index in [4.69, 9.17) is 4.42 Å². The van der Waals surface area contributed by atoms with Crippen molar-refractivity contribution >= 4 is 12.0 Å². The van der Waals surface area contributed by atoms with Crippen LogP contribution < -0.4 is 5.43 Å². The van der Waals surface area contributed by atoms with Crippen LogP contribution in [0, 0.1) is 5.82 Å². The second-order valence-corrected chi connectivity index (χ2v) is 5.81. The van der Waals surface area contributed by atoms with E-state index in [0.717, 1.165) is 31.7 Å². The summed E-state index contributed by atoms with van der Waals surface area (Å²) in [5, 5.41) is 1.92.